The summed E-state index contributed by atoms with van der Waals surface area (Å²) in [5.41, 5.74) is -3.87. The lowest BCUT2D eigenvalue weighted by Gasteiger charge is -2.64. The summed E-state index contributed by atoms with van der Waals surface area (Å²) in [6.07, 6.45) is -0.0954. The molecule has 12 heteroatoms. The van der Waals surface area contributed by atoms with Crippen LogP contribution in [0.25, 0.3) is 0 Å². The highest BCUT2D eigenvalue weighted by Crippen LogP contribution is 2.89. The molecule has 0 amide bonds. The molecule has 51 heavy (non-hydrogen) atoms. The van der Waals surface area contributed by atoms with E-state index < -0.39 is 82.8 Å². The van der Waals surface area contributed by atoms with Gasteiger partial charge < -0.3 is 49.2 Å². The smallest absolute Gasteiger partial charge is 0.303 e. The number of hydrogen-bond donors (Lipinski definition) is 5. The van der Waals surface area contributed by atoms with Crippen LogP contribution in [0.2, 0.25) is 0 Å². The van der Waals surface area contributed by atoms with Crippen LogP contribution < -0.4 is 0 Å². The minimum atomic E-state index is -1.35. The quantitative estimate of drug-likeness (QED) is 0.192. The Morgan fingerprint density at radius 1 is 0.843 bits per heavy atom. The first-order valence-corrected chi connectivity index (χ1v) is 19.3. The summed E-state index contributed by atoms with van der Waals surface area (Å²) in [6, 6.07) is 0. The summed E-state index contributed by atoms with van der Waals surface area (Å²) >= 11 is 0. The maximum atomic E-state index is 13.0. The molecule has 16 atom stereocenters. The molecule has 2 heterocycles. The van der Waals surface area contributed by atoms with Crippen LogP contribution in [0.3, 0.4) is 0 Å². The topological polar surface area (TPSA) is 181 Å². The van der Waals surface area contributed by atoms with E-state index in [4.69, 9.17) is 23.7 Å². The number of esters is 2. The molecule has 5 aliphatic carbocycles. The van der Waals surface area contributed by atoms with Gasteiger partial charge in [0, 0.05) is 37.2 Å². The second-order valence-electron chi connectivity index (χ2n) is 19.2. The average molecular weight is 723 g/mol. The fourth-order valence-electron chi connectivity index (χ4n) is 14.0. The molecule has 0 unspecified atom stereocenters. The van der Waals surface area contributed by atoms with Crippen LogP contribution in [-0.4, -0.2) is 111 Å². The predicted molar refractivity (Wildman–Crippen MR) is 182 cm³/mol. The van der Waals surface area contributed by atoms with Gasteiger partial charge in [-0.05, 0) is 107 Å². The van der Waals surface area contributed by atoms with Crippen LogP contribution in [-0.2, 0) is 33.3 Å². The summed E-state index contributed by atoms with van der Waals surface area (Å²) in [7, 11) is 0. The Morgan fingerprint density at radius 3 is 2.10 bits per heavy atom. The molecule has 7 fully saturated rings. The SMILES string of the molecule is CC(=O)O[C@H]1[C@H](OC(C)=O)[C@@]2(C)[C@@H]3CC[C@@H]4C(C)(C)[C@@H](O[C@@H]5OC[C@@H](O)[C@H](O)[C@H]5O)CC[C@@]45C[C@@]35CC[C@]2(CO)[C@H]1[C@]1(C)CC[C@H](C(C)(C)O)O1. The average Bonchev–Trinajstić information content (AvgIpc) is 3.43. The number of aliphatic hydroxyl groups is 5. The third-order valence-corrected chi connectivity index (χ3v) is 16.2. The van der Waals surface area contributed by atoms with Gasteiger partial charge in [0.15, 0.2) is 6.29 Å². The largest absolute Gasteiger partial charge is 0.458 e. The Labute approximate surface area is 301 Å². The number of rotatable bonds is 7. The lowest BCUT2D eigenvalue weighted by Crippen LogP contribution is -2.63. The third kappa shape index (κ3) is 5.12. The highest BCUT2D eigenvalue weighted by Gasteiger charge is 2.87. The molecule has 0 aromatic carbocycles. The molecular formula is C39H62O12. The van der Waals surface area contributed by atoms with E-state index in [1.54, 1.807) is 13.8 Å². The van der Waals surface area contributed by atoms with E-state index in [1.807, 2.05) is 6.92 Å². The lowest BCUT2D eigenvalue weighted by molar-refractivity contribution is -0.303. The van der Waals surface area contributed by atoms with Crippen molar-refractivity contribution in [3.8, 4) is 0 Å². The van der Waals surface area contributed by atoms with E-state index in [2.05, 4.69) is 20.8 Å². The van der Waals surface area contributed by atoms with Crippen molar-refractivity contribution in [3.63, 3.8) is 0 Å². The molecule has 5 saturated carbocycles. The number of ether oxygens (including phenoxy) is 5. The normalized spacial score (nSPS) is 52.9. The van der Waals surface area contributed by atoms with Crippen molar-refractivity contribution >= 4 is 11.9 Å². The number of carbonyl (C=O) groups is 2. The van der Waals surface area contributed by atoms with Gasteiger partial charge in [-0.15, -0.1) is 0 Å². The van der Waals surface area contributed by atoms with Gasteiger partial charge in [-0.2, -0.15) is 0 Å². The first-order valence-electron chi connectivity index (χ1n) is 19.3. The van der Waals surface area contributed by atoms with E-state index in [9.17, 15) is 35.1 Å². The first kappa shape index (κ1) is 37.9. The van der Waals surface area contributed by atoms with Crippen LogP contribution in [0.15, 0.2) is 0 Å². The molecule has 0 bridgehead atoms. The molecule has 2 saturated heterocycles. The Balaban J connectivity index is 1.25. The van der Waals surface area contributed by atoms with Crippen molar-refractivity contribution in [3.05, 3.63) is 0 Å². The summed E-state index contributed by atoms with van der Waals surface area (Å²) < 4.78 is 31.5. The van der Waals surface area contributed by atoms with Gasteiger partial charge in [0.2, 0.25) is 0 Å². The highest BCUT2D eigenvalue weighted by molar-refractivity contribution is 5.68. The Morgan fingerprint density at radius 2 is 1.49 bits per heavy atom. The zero-order valence-corrected chi connectivity index (χ0v) is 31.7. The maximum absolute atomic E-state index is 13.0. The number of aliphatic hydroxyl groups excluding tert-OH is 4. The van der Waals surface area contributed by atoms with Gasteiger partial charge in [-0.3, -0.25) is 9.59 Å². The second-order valence-corrected chi connectivity index (χ2v) is 19.2. The van der Waals surface area contributed by atoms with Crippen molar-refractivity contribution in [2.45, 2.75) is 173 Å². The van der Waals surface area contributed by atoms with Crippen molar-refractivity contribution in [1.29, 1.82) is 0 Å². The van der Waals surface area contributed by atoms with Crippen molar-refractivity contribution < 1.29 is 58.8 Å². The molecule has 0 radical (unpaired) electrons. The van der Waals surface area contributed by atoms with Gasteiger partial charge in [0.05, 0.1) is 30.0 Å². The Kier molecular flexibility index (Phi) is 8.97. The second kappa shape index (κ2) is 12.1. The van der Waals surface area contributed by atoms with Crippen molar-refractivity contribution in [2.24, 2.45) is 44.8 Å². The summed E-state index contributed by atoms with van der Waals surface area (Å²) in [4.78, 5) is 25.9. The third-order valence-electron chi connectivity index (χ3n) is 16.2. The monoisotopic (exact) mass is 722 g/mol. The van der Waals surface area contributed by atoms with Crippen LogP contribution in [0.4, 0.5) is 0 Å². The fourth-order valence-corrected chi connectivity index (χ4v) is 14.0. The molecule has 0 aromatic heterocycles. The maximum Gasteiger partial charge on any atom is 0.303 e. The van der Waals surface area contributed by atoms with Gasteiger partial charge in [0.1, 0.15) is 30.5 Å². The standard InChI is InChI=1S/C39H62O12/c1-20(41)48-29-30(35(7)13-11-26(51-35)34(5,6)46)39(19-40)16-15-38-18-37(38)14-12-25(50-32-28(45)27(44)22(43)17-47-32)33(3,4)23(37)9-10-24(38)36(39,8)31(29)49-21(2)42/h22-32,40,43-46H,9-19H2,1-8H3/t22-,23-,24+,25+,26-,27+,28-,29-,30-,31+,32+,35+,36-,37-,38+,39+/m1/s1. The van der Waals surface area contributed by atoms with Gasteiger partial charge in [-0.25, -0.2) is 0 Å². The number of fused-ring (bicyclic) bond motifs is 2. The van der Waals surface area contributed by atoms with E-state index in [0.717, 1.165) is 38.5 Å². The lowest BCUT2D eigenvalue weighted by atomic mass is 9.41. The molecule has 2 spiro atoms. The van der Waals surface area contributed by atoms with Crippen molar-refractivity contribution in [2.75, 3.05) is 13.2 Å². The Hall–Kier alpha value is -1.38. The molecule has 7 rings (SSSR count). The molecule has 0 aromatic rings. The van der Waals surface area contributed by atoms with E-state index >= 15 is 0 Å². The Bertz CT molecular complexity index is 1400. The highest BCUT2D eigenvalue weighted by atomic mass is 16.7. The van der Waals surface area contributed by atoms with Crippen LogP contribution in [0.1, 0.15) is 113 Å². The van der Waals surface area contributed by atoms with Gasteiger partial charge in [0.25, 0.3) is 0 Å². The number of hydrogen-bond acceptors (Lipinski definition) is 12. The fraction of sp³-hybridized carbons (Fsp3) is 0.949. The van der Waals surface area contributed by atoms with E-state index in [0.29, 0.717) is 25.2 Å². The zero-order chi connectivity index (χ0) is 37.3. The summed E-state index contributed by atoms with van der Waals surface area (Å²) in [5, 5.41) is 53.8. The van der Waals surface area contributed by atoms with E-state index in [1.165, 1.54) is 13.8 Å². The van der Waals surface area contributed by atoms with E-state index in [-0.39, 0.29) is 41.5 Å². The zero-order valence-electron chi connectivity index (χ0n) is 31.7. The molecule has 5 N–H and O–H groups in total. The molecule has 290 valence electrons. The van der Waals surface area contributed by atoms with Crippen LogP contribution in [0.5, 0.6) is 0 Å². The van der Waals surface area contributed by atoms with Gasteiger partial charge >= 0.3 is 11.9 Å². The molecule has 7 aliphatic rings. The first-order chi connectivity index (χ1) is 23.6. The summed E-state index contributed by atoms with van der Waals surface area (Å²) in [5.74, 6) is -1.06. The minimum Gasteiger partial charge on any atom is -0.458 e. The summed E-state index contributed by atoms with van der Waals surface area (Å²) in [6.45, 7) is 14.6. The van der Waals surface area contributed by atoms with Crippen molar-refractivity contribution in [1.82, 2.24) is 0 Å². The van der Waals surface area contributed by atoms with Crippen LogP contribution >= 0.6 is 0 Å². The predicted octanol–water partition coefficient (Wildman–Crippen LogP) is 3.01. The van der Waals surface area contributed by atoms with Gasteiger partial charge in [-0.1, -0.05) is 20.8 Å². The number of carbonyl (C=O) groups excluding carboxylic acids is 2. The molecule has 2 aliphatic heterocycles. The molecule has 12 nitrogen and oxygen atoms in total. The van der Waals surface area contributed by atoms with Crippen LogP contribution in [0, 0.1) is 44.8 Å². The minimum absolute atomic E-state index is 0.00120. The molecular weight excluding hydrogens is 660 g/mol.